The molecule has 2 rings (SSSR count). The molecule has 1 aliphatic rings. The number of nitrogens with two attached hydrogens (primary N) is 1. The van der Waals surface area contributed by atoms with Gasteiger partial charge >= 0.3 is 5.97 Å². The van der Waals surface area contributed by atoms with Crippen molar-refractivity contribution in [2.45, 2.75) is 26.4 Å². The van der Waals surface area contributed by atoms with Gasteiger partial charge in [-0.15, -0.1) is 0 Å². The van der Waals surface area contributed by atoms with Gasteiger partial charge in [-0.2, -0.15) is 0 Å². The summed E-state index contributed by atoms with van der Waals surface area (Å²) in [6.07, 6.45) is -0.466. The number of carbonyl (C=O) groups excluding carboxylic acids is 2. The average molecular weight is 278 g/mol. The lowest BCUT2D eigenvalue weighted by Gasteiger charge is -2.33. The number of para-hydroxylation sites is 1. The Balaban J connectivity index is 2.23. The molecule has 1 aromatic rings. The number of anilines is 2. The van der Waals surface area contributed by atoms with Crippen LogP contribution in [0.15, 0.2) is 18.2 Å². The van der Waals surface area contributed by atoms with E-state index in [1.807, 2.05) is 0 Å². The highest BCUT2D eigenvalue weighted by Crippen LogP contribution is 2.38. The van der Waals surface area contributed by atoms with Crippen molar-refractivity contribution < 1.29 is 19.1 Å². The van der Waals surface area contributed by atoms with Crippen LogP contribution >= 0.6 is 0 Å². The van der Waals surface area contributed by atoms with Crippen molar-refractivity contribution in [3.05, 3.63) is 18.2 Å². The van der Waals surface area contributed by atoms with E-state index in [9.17, 15) is 9.59 Å². The fourth-order valence-corrected chi connectivity index (χ4v) is 2.15. The van der Waals surface area contributed by atoms with E-state index in [2.05, 4.69) is 0 Å². The van der Waals surface area contributed by atoms with E-state index in [0.29, 0.717) is 23.7 Å². The Morgan fingerprint density at radius 2 is 2.25 bits per heavy atom. The molecule has 6 heteroatoms. The Morgan fingerprint density at radius 3 is 2.95 bits per heavy atom. The third kappa shape index (κ3) is 2.68. The minimum absolute atomic E-state index is 0.125. The summed E-state index contributed by atoms with van der Waals surface area (Å²) < 4.78 is 10.4. The first-order valence-electron chi connectivity index (χ1n) is 6.56. The molecule has 1 aliphatic heterocycles. The Hall–Kier alpha value is -2.24. The number of benzene rings is 1. The van der Waals surface area contributed by atoms with Crippen molar-refractivity contribution in [1.82, 2.24) is 0 Å². The summed E-state index contributed by atoms with van der Waals surface area (Å²) in [5.74, 6) is 0.0103. The molecule has 0 aromatic heterocycles. The molecular weight excluding hydrogens is 260 g/mol. The Morgan fingerprint density at radius 1 is 1.50 bits per heavy atom. The lowest BCUT2D eigenvalue weighted by atomic mass is 10.1. The van der Waals surface area contributed by atoms with E-state index in [4.69, 9.17) is 15.2 Å². The van der Waals surface area contributed by atoms with Crippen molar-refractivity contribution in [2.75, 3.05) is 23.8 Å². The molecule has 0 saturated heterocycles. The predicted octanol–water partition coefficient (Wildman–Crippen LogP) is 1.34. The fourth-order valence-electron chi connectivity index (χ4n) is 2.15. The van der Waals surface area contributed by atoms with Crippen LogP contribution in [0.3, 0.4) is 0 Å². The van der Waals surface area contributed by atoms with Crippen molar-refractivity contribution in [3.63, 3.8) is 0 Å². The van der Waals surface area contributed by atoms with Crippen LogP contribution in [0.5, 0.6) is 5.75 Å². The predicted molar refractivity (Wildman–Crippen MR) is 74.5 cm³/mol. The highest BCUT2D eigenvalue weighted by molar-refractivity contribution is 6.03. The molecule has 1 atom stereocenters. The number of esters is 1. The molecule has 0 spiro atoms. The van der Waals surface area contributed by atoms with Gasteiger partial charge in [0.2, 0.25) is 0 Å². The minimum atomic E-state index is -0.591. The van der Waals surface area contributed by atoms with Gasteiger partial charge in [0.05, 0.1) is 18.7 Å². The van der Waals surface area contributed by atoms with Gasteiger partial charge in [0, 0.05) is 6.54 Å². The van der Waals surface area contributed by atoms with Crippen LogP contribution in [-0.2, 0) is 14.3 Å². The monoisotopic (exact) mass is 278 g/mol. The number of amides is 1. The summed E-state index contributed by atoms with van der Waals surface area (Å²) in [5, 5.41) is 0. The molecule has 20 heavy (non-hydrogen) atoms. The topological polar surface area (TPSA) is 81.9 Å². The first-order chi connectivity index (χ1) is 9.54. The summed E-state index contributed by atoms with van der Waals surface area (Å²) in [6.45, 7) is 3.97. The molecule has 1 amide bonds. The van der Waals surface area contributed by atoms with Crippen LogP contribution in [0.4, 0.5) is 11.4 Å². The van der Waals surface area contributed by atoms with Gasteiger partial charge in [-0.25, -0.2) is 0 Å². The van der Waals surface area contributed by atoms with Crippen molar-refractivity contribution in [2.24, 2.45) is 0 Å². The number of ether oxygens (including phenoxy) is 2. The minimum Gasteiger partial charge on any atom is -0.479 e. The third-order valence-electron chi connectivity index (χ3n) is 3.06. The summed E-state index contributed by atoms with van der Waals surface area (Å²) >= 11 is 0. The van der Waals surface area contributed by atoms with E-state index < -0.39 is 6.10 Å². The molecule has 0 saturated carbocycles. The molecule has 108 valence electrons. The Kier molecular flexibility index (Phi) is 4.12. The molecule has 1 unspecified atom stereocenters. The summed E-state index contributed by atoms with van der Waals surface area (Å²) in [5.41, 5.74) is 6.89. The Labute approximate surface area is 117 Å². The number of nitrogen functional groups attached to an aromatic ring is 1. The van der Waals surface area contributed by atoms with E-state index >= 15 is 0 Å². The maximum absolute atomic E-state index is 12.2. The van der Waals surface area contributed by atoms with Crippen LogP contribution in [0, 0.1) is 0 Å². The molecular formula is C14H18N2O4. The standard InChI is InChI=1S/C14H18N2O4/c1-3-19-12(17)7-8-16-13-10(15)5-4-6-11(13)20-9(2)14(16)18/h4-6,9H,3,7-8,15H2,1-2H3. The summed E-state index contributed by atoms with van der Waals surface area (Å²) in [6, 6.07) is 5.22. The average Bonchev–Trinajstić information content (AvgIpc) is 2.40. The summed E-state index contributed by atoms with van der Waals surface area (Å²) in [4.78, 5) is 25.1. The molecule has 0 fully saturated rings. The van der Waals surface area contributed by atoms with Crippen molar-refractivity contribution in [1.29, 1.82) is 0 Å². The number of rotatable bonds is 4. The van der Waals surface area contributed by atoms with Crippen LogP contribution in [0.1, 0.15) is 20.3 Å². The van der Waals surface area contributed by atoms with Crippen LogP contribution < -0.4 is 15.4 Å². The number of fused-ring (bicyclic) bond motifs is 1. The highest BCUT2D eigenvalue weighted by atomic mass is 16.5. The largest absolute Gasteiger partial charge is 0.479 e. The second kappa shape index (κ2) is 5.81. The molecule has 6 nitrogen and oxygen atoms in total. The molecule has 0 bridgehead atoms. The molecule has 1 heterocycles. The zero-order valence-corrected chi connectivity index (χ0v) is 11.6. The summed E-state index contributed by atoms with van der Waals surface area (Å²) in [7, 11) is 0. The molecule has 0 radical (unpaired) electrons. The number of carbonyl (C=O) groups is 2. The molecule has 1 aromatic carbocycles. The van der Waals surface area contributed by atoms with E-state index in [1.165, 1.54) is 4.90 Å². The van der Waals surface area contributed by atoms with Gasteiger partial charge in [-0.1, -0.05) is 6.07 Å². The zero-order chi connectivity index (χ0) is 14.7. The van der Waals surface area contributed by atoms with E-state index in [0.717, 1.165) is 0 Å². The quantitative estimate of drug-likeness (QED) is 0.664. The fraction of sp³-hybridized carbons (Fsp3) is 0.429. The van der Waals surface area contributed by atoms with Gasteiger partial charge in [0.15, 0.2) is 6.10 Å². The van der Waals surface area contributed by atoms with Gasteiger partial charge < -0.3 is 20.1 Å². The van der Waals surface area contributed by atoms with E-state index in [-0.39, 0.29) is 24.8 Å². The van der Waals surface area contributed by atoms with Gasteiger partial charge in [0.1, 0.15) is 11.4 Å². The number of hydrogen-bond acceptors (Lipinski definition) is 5. The van der Waals surface area contributed by atoms with Crippen molar-refractivity contribution in [3.8, 4) is 5.75 Å². The SMILES string of the molecule is CCOC(=O)CCN1C(=O)C(C)Oc2cccc(N)c21. The molecule has 0 aliphatic carbocycles. The third-order valence-corrected chi connectivity index (χ3v) is 3.06. The normalized spacial score (nSPS) is 17.4. The molecule has 2 N–H and O–H groups in total. The van der Waals surface area contributed by atoms with Gasteiger partial charge in [-0.05, 0) is 26.0 Å². The Bertz CT molecular complexity index is 530. The van der Waals surface area contributed by atoms with Crippen molar-refractivity contribution >= 4 is 23.3 Å². The van der Waals surface area contributed by atoms with Crippen LogP contribution in [0.25, 0.3) is 0 Å². The first kappa shape index (κ1) is 14.2. The second-order valence-corrected chi connectivity index (χ2v) is 4.50. The van der Waals surface area contributed by atoms with Crippen LogP contribution in [-0.4, -0.2) is 31.1 Å². The first-order valence-corrected chi connectivity index (χ1v) is 6.56. The number of nitrogens with zero attached hydrogens (tertiary/aromatic N) is 1. The second-order valence-electron chi connectivity index (χ2n) is 4.50. The smallest absolute Gasteiger partial charge is 0.307 e. The van der Waals surface area contributed by atoms with Gasteiger partial charge in [-0.3, -0.25) is 9.59 Å². The lowest BCUT2D eigenvalue weighted by molar-refractivity contribution is -0.142. The van der Waals surface area contributed by atoms with Gasteiger partial charge in [0.25, 0.3) is 5.91 Å². The lowest BCUT2D eigenvalue weighted by Crippen LogP contribution is -2.45. The maximum Gasteiger partial charge on any atom is 0.307 e. The maximum atomic E-state index is 12.2. The van der Waals surface area contributed by atoms with E-state index in [1.54, 1.807) is 32.0 Å². The highest BCUT2D eigenvalue weighted by Gasteiger charge is 2.33. The van der Waals surface area contributed by atoms with Crippen LogP contribution in [0.2, 0.25) is 0 Å². The zero-order valence-electron chi connectivity index (χ0n) is 11.6. The number of hydrogen-bond donors (Lipinski definition) is 1.